The lowest BCUT2D eigenvalue weighted by Crippen LogP contribution is -2.49. The predicted octanol–water partition coefficient (Wildman–Crippen LogP) is 4.96. The van der Waals surface area contributed by atoms with Crippen LogP contribution in [-0.4, -0.2) is 83.0 Å². The van der Waals surface area contributed by atoms with Crippen LogP contribution < -0.4 is 15.4 Å². The van der Waals surface area contributed by atoms with E-state index in [1.807, 2.05) is 25.1 Å². The first kappa shape index (κ1) is 32.2. The molecule has 3 aromatic rings. The third kappa shape index (κ3) is 7.51. The van der Waals surface area contributed by atoms with Crippen molar-refractivity contribution in [1.29, 1.82) is 0 Å². The minimum Gasteiger partial charge on any atom is -0.489 e. The lowest BCUT2D eigenvalue weighted by Gasteiger charge is -2.26. The maximum absolute atomic E-state index is 14.7. The van der Waals surface area contributed by atoms with Crippen LogP contribution in [0.5, 0.6) is 5.75 Å². The number of aromatic nitrogens is 1. The Bertz CT molecular complexity index is 1740. The fourth-order valence-corrected chi connectivity index (χ4v) is 6.76. The molecule has 0 spiro atoms. The first-order valence-corrected chi connectivity index (χ1v) is 17.0. The molecule has 2 aliphatic carbocycles. The molecular weight excluding hydrogens is 616 g/mol. The first-order chi connectivity index (χ1) is 23.2. The van der Waals surface area contributed by atoms with Crippen molar-refractivity contribution in [2.45, 2.75) is 75.8 Å². The van der Waals surface area contributed by atoms with Crippen LogP contribution in [0.15, 0.2) is 54.6 Å². The number of ether oxygens (including phenoxy) is 1. The minimum atomic E-state index is -1.37. The van der Waals surface area contributed by atoms with Crippen LogP contribution in [0.3, 0.4) is 0 Å². The van der Waals surface area contributed by atoms with E-state index < -0.39 is 48.3 Å². The molecule has 0 unspecified atom stereocenters. The summed E-state index contributed by atoms with van der Waals surface area (Å²) in [6.07, 6.45) is 8.80. The minimum absolute atomic E-state index is 0.0562. The second kappa shape index (κ2) is 13.6. The van der Waals surface area contributed by atoms with Gasteiger partial charge in [-0.1, -0.05) is 24.3 Å². The van der Waals surface area contributed by atoms with Gasteiger partial charge in [0.15, 0.2) is 0 Å². The molecule has 2 saturated carbocycles. The number of likely N-dealkylation sites (tertiary alicyclic amines) is 2. The average Bonchev–Trinajstić information content (AvgIpc) is 4.01. The Morgan fingerprint density at radius 1 is 1.04 bits per heavy atom. The van der Waals surface area contributed by atoms with Gasteiger partial charge in [-0.15, -0.1) is 0 Å². The number of rotatable bonds is 11. The van der Waals surface area contributed by atoms with E-state index >= 15 is 0 Å². The molecule has 4 aliphatic rings. The topological polar surface area (TPSA) is 104 Å². The van der Waals surface area contributed by atoms with Crippen molar-refractivity contribution in [2.75, 3.05) is 26.2 Å². The van der Waals surface area contributed by atoms with Gasteiger partial charge in [-0.25, -0.2) is 13.8 Å². The molecule has 3 heterocycles. The van der Waals surface area contributed by atoms with Crippen LogP contribution in [-0.2, 0) is 9.59 Å². The number of carbonyl (C=O) groups is 3. The Kier molecular flexibility index (Phi) is 9.13. The van der Waals surface area contributed by atoms with E-state index in [1.54, 1.807) is 6.07 Å². The predicted molar refractivity (Wildman–Crippen MR) is 177 cm³/mol. The smallest absolute Gasteiger partial charge is 0.270 e. The molecule has 252 valence electrons. The molecule has 3 amide bonds. The fourth-order valence-electron chi connectivity index (χ4n) is 6.76. The number of benzene rings is 2. The largest absolute Gasteiger partial charge is 0.489 e. The third-order valence-corrected chi connectivity index (χ3v) is 9.75. The Labute approximate surface area is 278 Å². The molecule has 2 aromatic carbocycles. The third-order valence-electron chi connectivity index (χ3n) is 9.75. The molecule has 0 bridgehead atoms. The molecule has 1 aromatic heterocycles. The number of fused-ring (bicyclic) bond motifs is 1. The zero-order chi connectivity index (χ0) is 33.4. The van der Waals surface area contributed by atoms with Gasteiger partial charge in [0, 0.05) is 30.9 Å². The van der Waals surface area contributed by atoms with Crippen molar-refractivity contribution in [1.82, 2.24) is 25.4 Å². The van der Waals surface area contributed by atoms with Gasteiger partial charge in [0.1, 0.15) is 35.6 Å². The number of carbonyl (C=O) groups excluding carboxylic acids is 3. The normalized spacial score (nSPS) is 23.5. The van der Waals surface area contributed by atoms with E-state index in [2.05, 4.69) is 32.7 Å². The van der Waals surface area contributed by atoms with Crippen LogP contribution in [0.2, 0.25) is 0 Å². The number of hydrogen-bond donors (Lipinski definition) is 2. The van der Waals surface area contributed by atoms with Crippen molar-refractivity contribution in [3.63, 3.8) is 0 Å². The number of amides is 3. The van der Waals surface area contributed by atoms with Gasteiger partial charge < -0.3 is 20.3 Å². The fraction of sp³-hybridized carbons (Fsp3) is 0.459. The zero-order valence-electron chi connectivity index (χ0n) is 27.0. The highest BCUT2D eigenvalue weighted by Crippen LogP contribution is 2.34. The van der Waals surface area contributed by atoms with Crippen molar-refractivity contribution in [2.24, 2.45) is 5.92 Å². The molecule has 2 saturated heterocycles. The summed E-state index contributed by atoms with van der Waals surface area (Å²) in [5, 5.41) is 6.10. The Morgan fingerprint density at radius 2 is 1.88 bits per heavy atom. The lowest BCUT2D eigenvalue weighted by atomic mass is 9.99. The van der Waals surface area contributed by atoms with E-state index in [9.17, 15) is 23.2 Å². The molecular formula is C37H41F2N5O4. The summed E-state index contributed by atoms with van der Waals surface area (Å²) in [6, 6.07) is 12.3. The summed E-state index contributed by atoms with van der Waals surface area (Å²) in [5.74, 6) is -0.712. The molecule has 2 N–H and O–H groups in total. The number of hydrogen-bond acceptors (Lipinski definition) is 6. The molecule has 0 radical (unpaired) electrons. The SMILES string of the molecule is C[C@H](NC(=O)[C@@H]1C[C@@H](F)CN1C(=O)CNC(=O)c1ccc2cc(F)ccc2n1)c1cc(O[C@H]2CCN(C3CC3)C2)ccc1/C=C/C1CC1. The van der Waals surface area contributed by atoms with Gasteiger partial charge in [-0.05, 0) is 92.5 Å². The van der Waals surface area contributed by atoms with Crippen molar-refractivity contribution in [3.8, 4) is 5.75 Å². The summed E-state index contributed by atoms with van der Waals surface area (Å²) in [6.45, 7) is 3.19. The maximum Gasteiger partial charge on any atom is 0.270 e. The molecule has 2 aliphatic heterocycles. The summed E-state index contributed by atoms with van der Waals surface area (Å²) < 4.78 is 34.6. The number of pyridine rings is 1. The maximum atomic E-state index is 14.7. The summed E-state index contributed by atoms with van der Waals surface area (Å²) in [7, 11) is 0. The van der Waals surface area contributed by atoms with Gasteiger partial charge in [-0.2, -0.15) is 0 Å². The number of allylic oxidation sites excluding steroid dienone is 1. The molecule has 48 heavy (non-hydrogen) atoms. The van der Waals surface area contributed by atoms with Crippen LogP contribution in [0.4, 0.5) is 8.78 Å². The highest BCUT2D eigenvalue weighted by molar-refractivity contribution is 5.97. The number of alkyl halides is 1. The number of halogens is 2. The highest BCUT2D eigenvalue weighted by Gasteiger charge is 2.40. The van der Waals surface area contributed by atoms with E-state index in [4.69, 9.17) is 4.74 Å². The van der Waals surface area contributed by atoms with Gasteiger partial charge in [0.05, 0.1) is 24.6 Å². The lowest BCUT2D eigenvalue weighted by molar-refractivity contribution is -0.138. The Hall–Kier alpha value is -4.38. The van der Waals surface area contributed by atoms with Crippen molar-refractivity contribution in [3.05, 3.63) is 77.2 Å². The quantitative estimate of drug-likeness (QED) is 0.302. The number of nitrogens with one attached hydrogen (secondary N) is 2. The van der Waals surface area contributed by atoms with Crippen molar-refractivity contribution >= 4 is 34.7 Å². The zero-order valence-corrected chi connectivity index (χ0v) is 27.0. The molecule has 9 nitrogen and oxygen atoms in total. The standard InChI is InChI=1S/C37H41F2N5O4/c1-22(31-18-29(11-6-24(31)5-4-23-2-3-23)48-30-14-15-43(21-30)28-9-10-28)41-37(47)34-17-27(39)20-44(34)35(45)19-40-36(46)33-12-7-25-16-26(38)8-13-32(25)42-33/h4-8,11-13,16,18,22-23,27-28,30,34H,2-3,9-10,14-15,17,19-21H2,1H3,(H,40,46)(H,41,47)/b5-4+/t22-,27+,30-,34-/m0/s1. The van der Waals surface area contributed by atoms with Gasteiger partial charge >= 0.3 is 0 Å². The molecule has 11 heteroatoms. The first-order valence-electron chi connectivity index (χ1n) is 17.0. The van der Waals surface area contributed by atoms with Crippen LogP contribution in [0.25, 0.3) is 17.0 Å². The van der Waals surface area contributed by atoms with Gasteiger partial charge in [-0.3, -0.25) is 19.3 Å². The van der Waals surface area contributed by atoms with E-state index in [0.717, 1.165) is 36.4 Å². The van der Waals surface area contributed by atoms with Crippen LogP contribution in [0, 0.1) is 11.7 Å². The second-order valence-corrected chi connectivity index (χ2v) is 13.6. The summed E-state index contributed by atoms with van der Waals surface area (Å²) in [4.78, 5) is 47.5. The second-order valence-electron chi connectivity index (χ2n) is 13.6. The van der Waals surface area contributed by atoms with Crippen LogP contribution >= 0.6 is 0 Å². The molecule has 4 atom stereocenters. The summed E-state index contributed by atoms with van der Waals surface area (Å²) in [5.41, 5.74) is 2.36. The Morgan fingerprint density at radius 3 is 2.67 bits per heavy atom. The summed E-state index contributed by atoms with van der Waals surface area (Å²) >= 11 is 0. The Balaban J connectivity index is 0.997. The average molecular weight is 658 g/mol. The van der Waals surface area contributed by atoms with Crippen molar-refractivity contribution < 1.29 is 27.9 Å². The van der Waals surface area contributed by atoms with E-state index in [1.165, 1.54) is 54.8 Å². The highest BCUT2D eigenvalue weighted by atomic mass is 19.1. The van der Waals surface area contributed by atoms with Gasteiger partial charge in [0.25, 0.3) is 5.91 Å². The molecule has 7 rings (SSSR count). The van der Waals surface area contributed by atoms with Crippen LogP contribution in [0.1, 0.15) is 73.1 Å². The monoisotopic (exact) mass is 657 g/mol. The van der Waals surface area contributed by atoms with E-state index in [-0.39, 0.29) is 24.8 Å². The number of nitrogens with zero attached hydrogens (tertiary/aromatic N) is 3. The van der Waals surface area contributed by atoms with E-state index in [0.29, 0.717) is 22.9 Å². The van der Waals surface area contributed by atoms with Gasteiger partial charge in [0.2, 0.25) is 11.8 Å². The molecule has 4 fully saturated rings.